The minimum Gasteiger partial charge on any atom is -0.494 e. The predicted octanol–water partition coefficient (Wildman–Crippen LogP) is 3.16. The average Bonchev–Trinajstić information content (AvgIpc) is 2.45. The normalized spacial score (nSPS) is 12.0. The van der Waals surface area contributed by atoms with Crippen molar-refractivity contribution in [3.63, 3.8) is 0 Å². The highest BCUT2D eigenvalue weighted by Gasteiger charge is 2.20. The van der Waals surface area contributed by atoms with Gasteiger partial charge >= 0.3 is 5.97 Å². The Kier molecular flexibility index (Phi) is 8.16. The van der Waals surface area contributed by atoms with Crippen molar-refractivity contribution in [1.29, 1.82) is 0 Å². The van der Waals surface area contributed by atoms with E-state index in [1.165, 1.54) is 0 Å². The number of nitrogens with one attached hydrogen (secondary N) is 1. The fraction of sp³-hybridized carbons (Fsp3) is 0.556. The van der Waals surface area contributed by atoms with Crippen LogP contribution in [0.5, 0.6) is 5.75 Å². The molecule has 0 saturated carbocycles. The monoisotopic (exact) mass is 321 g/mol. The third-order valence-corrected chi connectivity index (χ3v) is 3.40. The maximum Gasteiger partial charge on any atom is 0.326 e. The molecule has 2 N–H and O–H groups in total. The van der Waals surface area contributed by atoms with Crippen molar-refractivity contribution in [3.05, 3.63) is 29.8 Å². The molecule has 128 valence electrons. The van der Waals surface area contributed by atoms with Crippen LogP contribution in [-0.4, -0.2) is 29.6 Å². The number of aryl methyl sites for hydroxylation is 1. The number of aliphatic carboxylic acids is 1. The number of carbonyl (C=O) groups is 2. The van der Waals surface area contributed by atoms with E-state index in [0.717, 1.165) is 17.7 Å². The SMILES string of the molecule is Cc1cccc(OCCCCC(=O)N[C@@H](CC(C)C)C(=O)O)c1. The largest absolute Gasteiger partial charge is 0.494 e. The molecule has 1 aromatic carbocycles. The average molecular weight is 321 g/mol. The summed E-state index contributed by atoms with van der Waals surface area (Å²) in [6, 6.07) is 7.02. The van der Waals surface area contributed by atoms with Gasteiger partial charge in [-0.15, -0.1) is 0 Å². The number of unbranched alkanes of at least 4 members (excludes halogenated alkanes) is 1. The van der Waals surface area contributed by atoms with Gasteiger partial charge in [-0.1, -0.05) is 26.0 Å². The molecular formula is C18H27NO4. The highest BCUT2D eigenvalue weighted by molar-refractivity contribution is 5.83. The molecule has 5 heteroatoms. The van der Waals surface area contributed by atoms with E-state index in [-0.39, 0.29) is 11.8 Å². The Morgan fingerprint density at radius 3 is 2.61 bits per heavy atom. The summed E-state index contributed by atoms with van der Waals surface area (Å²) >= 11 is 0. The van der Waals surface area contributed by atoms with Crippen LogP contribution < -0.4 is 10.1 Å². The van der Waals surface area contributed by atoms with Crippen LogP contribution in [0.15, 0.2) is 24.3 Å². The zero-order chi connectivity index (χ0) is 17.2. The molecule has 0 aliphatic rings. The smallest absolute Gasteiger partial charge is 0.326 e. The van der Waals surface area contributed by atoms with E-state index in [0.29, 0.717) is 25.9 Å². The Balaban J connectivity index is 2.21. The maximum atomic E-state index is 11.8. The molecule has 5 nitrogen and oxygen atoms in total. The lowest BCUT2D eigenvalue weighted by Gasteiger charge is -2.16. The van der Waals surface area contributed by atoms with Gasteiger partial charge in [0.25, 0.3) is 0 Å². The van der Waals surface area contributed by atoms with Gasteiger partial charge in [-0.2, -0.15) is 0 Å². The number of carboxylic acid groups (broad SMARTS) is 1. The second-order valence-electron chi connectivity index (χ2n) is 6.21. The Labute approximate surface area is 138 Å². The standard InChI is InChI=1S/C18H27NO4/c1-13(2)11-16(18(21)22)19-17(20)9-4-5-10-23-15-8-6-7-14(3)12-15/h6-8,12-13,16H,4-5,9-11H2,1-3H3,(H,19,20)(H,21,22)/t16-/m0/s1. The predicted molar refractivity (Wildman–Crippen MR) is 89.5 cm³/mol. The highest BCUT2D eigenvalue weighted by atomic mass is 16.5. The van der Waals surface area contributed by atoms with Crippen molar-refractivity contribution in [2.24, 2.45) is 5.92 Å². The topological polar surface area (TPSA) is 75.6 Å². The van der Waals surface area contributed by atoms with Crippen LogP contribution in [0.1, 0.15) is 45.1 Å². The third-order valence-electron chi connectivity index (χ3n) is 3.40. The first-order valence-electron chi connectivity index (χ1n) is 8.10. The first-order chi connectivity index (χ1) is 10.9. The molecule has 1 amide bonds. The highest BCUT2D eigenvalue weighted by Crippen LogP contribution is 2.13. The summed E-state index contributed by atoms with van der Waals surface area (Å²) in [6.07, 6.45) is 2.19. The molecule has 0 saturated heterocycles. The van der Waals surface area contributed by atoms with Crippen molar-refractivity contribution >= 4 is 11.9 Å². The second kappa shape index (κ2) is 9.87. The molecule has 0 radical (unpaired) electrons. The number of rotatable bonds is 10. The van der Waals surface area contributed by atoms with Crippen molar-refractivity contribution in [2.45, 2.75) is 52.5 Å². The van der Waals surface area contributed by atoms with Gasteiger partial charge in [0, 0.05) is 6.42 Å². The molecule has 1 rings (SSSR count). The lowest BCUT2D eigenvalue weighted by Crippen LogP contribution is -2.41. The van der Waals surface area contributed by atoms with E-state index in [4.69, 9.17) is 9.84 Å². The number of ether oxygens (including phenoxy) is 1. The summed E-state index contributed by atoms with van der Waals surface area (Å²) < 4.78 is 5.61. The van der Waals surface area contributed by atoms with Gasteiger partial charge in [-0.3, -0.25) is 4.79 Å². The van der Waals surface area contributed by atoms with Gasteiger partial charge < -0.3 is 15.2 Å². The molecule has 23 heavy (non-hydrogen) atoms. The van der Waals surface area contributed by atoms with Crippen LogP contribution in [0.2, 0.25) is 0 Å². The number of hydrogen-bond acceptors (Lipinski definition) is 3. The minimum atomic E-state index is -0.977. The first-order valence-corrected chi connectivity index (χ1v) is 8.10. The number of carbonyl (C=O) groups excluding carboxylic acids is 1. The summed E-state index contributed by atoms with van der Waals surface area (Å²) in [5, 5.41) is 11.7. The molecule has 0 bridgehead atoms. The Morgan fingerprint density at radius 2 is 2.00 bits per heavy atom. The molecule has 0 aromatic heterocycles. The molecule has 0 aliphatic carbocycles. The van der Waals surface area contributed by atoms with E-state index in [2.05, 4.69) is 5.32 Å². The minimum absolute atomic E-state index is 0.214. The molecule has 1 atom stereocenters. The zero-order valence-corrected chi connectivity index (χ0v) is 14.2. The van der Waals surface area contributed by atoms with Crippen LogP contribution >= 0.6 is 0 Å². The fourth-order valence-electron chi connectivity index (χ4n) is 2.24. The van der Waals surface area contributed by atoms with Gasteiger partial charge in [0.05, 0.1) is 6.61 Å². The summed E-state index contributed by atoms with van der Waals surface area (Å²) in [7, 11) is 0. The van der Waals surface area contributed by atoms with Gasteiger partial charge in [0.1, 0.15) is 11.8 Å². The van der Waals surface area contributed by atoms with Crippen molar-refractivity contribution in [3.8, 4) is 5.75 Å². The lowest BCUT2D eigenvalue weighted by molar-refractivity contribution is -0.142. The van der Waals surface area contributed by atoms with E-state index in [1.54, 1.807) is 0 Å². The molecule has 0 spiro atoms. The third kappa shape index (κ3) is 8.24. The van der Waals surface area contributed by atoms with E-state index >= 15 is 0 Å². The summed E-state index contributed by atoms with van der Waals surface area (Å²) in [6.45, 7) is 6.42. The summed E-state index contributed by atoms with van der Waals surface area (Å²) in [5.41, 5.74) is 1.15. The zero-order valence-electron chi connectivity index (χ0n) is 14.2. The number of hydrogen-bond donors (Lipinski definition) is 2. The molecule has 0 aliphatic heterocycles. The first kappa shape index (κ1) is 19.0. The second-order valence-corrected chi connectivity index (χ2v) is 6.21. The summed E-state index contributed by atoms with van der Waals surface area (Å²) in [5.74, 6) is -0.139. The van der Waals surface area contributed by atoms with E-state index < -0.39 is 12.0 Å². The van der Waals surface area contributed by atoms with Gasteiger partial charge in [-0.25, -0.2) is 4.79 Å². The molecule has 0 fully saturated rings. The van der Waals surface area contributed by atoms with Gasteiger partial charge in [0.2, 0.25) is 5.91 Å². The Morgan fingerprint density at radius 1 is 1.26 bits per heavy atom. The van der Waals surface area contributed by atoms with Crippen LogP contribution in [0.3, 0.4) is 0 Å². The molecule has 0 unspecified atom stereocenters. The molecular weight excluding hydrogens is 294 g/mol. The number of carboxylic acids is 1. The van der Waals surface area contributed by atoms with E-state index in [9.17, 15) is 9.59 Å². The maximum absolute atomic E-state index is 11.8. The lowest BCUT2D eigenvalue weighted by atomic mass is 10.0. The van der Waals surface area contributed by atoms with Gasteiger partial charge in [-0.05, 0) is 49.8 Å². The van der Waals surface area contributed by atoms with Crippen molar-refractivity contribution in [1.82, 2.24) is 5.32 Å². The van der Waals surface area contributed by atoms with Crippen LogP contribution in [0.4, 0.5) is 0 Å². The molecule has 1 aromatic rings. The van der Waals surface area contributed by atoms with Gasteiger partial charge in [0.15, 0.2) is 0 Å². The Bertz CT molecular complexity index is 513. The number of amides is 1. The van der Waals surface area contributed by atoms with E-state index in [1.807, 2.05) is 45.0 Å². The van der Waals surface area contributed by atoms with Crippen molar-refractivity contribution in [2.75, 3.05) is 6.61 Å². The van der Waals surface area contributed by atoms with Crippen LogP contribution in [0, 0.1) is 12.8 Å². The quantitative estimate of drug-likeness (QED) is 0.649. The summed E-state index contributed by atoms with van der Waals surface area (Å²) in [4.78, 5) is 22.9. The van der Waals surface area contributed by atoms with Crippen LogP contribution in [-0.2, 0) is 9.59 Å². The van der Waals surface area contributed by atoms with Crippen LogP contribution in [0.25, 0.3) is 0 Å². The molecule has 0 heterocycles. The fourth-order valence-corrected chi connectivity index (χ4v) is 2.24. The Hall–Kier alpha value is -2.04. The number of benzene rings is 1. The van der Waals surface area contributed by atoms with Crippen molar-refractivity contribution < 1.29 is 19.4 Å².